The highest BCUT2D eigenvalue weighted by Gasteiger charge is 2.06. The van der Waals surface area contributed by atoms with E-state index in [-0.39, 0.29) is 5.91 Å². The van der Waals surface area contributed by atoms with E-state index in [4.69, 9.17) is 0 Å². The standard InChI is InChI=1S/C15H20N2OS2/c1-3-4-5-15(18)16-9-8-12-6-7-14(20-12)13-10-19-11(2)17-13/h6-7,10H,3-5,8-9H2,1-2H3,(H,16,18). The second kappa shape index (κ2) is 7.55. The summed E-state index contributed by atoms with van der Waals surface area (Å²) in [4.78, 5) is 18.5. The molecule has 0 saturated carbocycles. The highest BCUT2D eigenvalue weighted by molar-refractivity contribution is 7.16. The number of thiophene rings is 1. The molecule has 1 amide bonds. The number of carbonyl (C=O) groups is 1. The number of carbonyl (C=O) groups excluding carboxylic acids is 1. The fourth-order valence-electron chi connectivity index (χ4n) is 1.88. The SMILES string of the molecule is CCCCC(=O)NCCc1ccc(-c2csc(C)n2)s1. The van der Waals surface area contributed by atoms with Crippen molar-refractivity contribution >= 4 is 28.6 Å². The zero-order valence-electron chi connectivity index (χ0n) is 11.9. The van der Waals surface area contributed by atoms with Gasteiger partial charge in [-0.1, -0.05) is 13.3 Å². The molecular weight excluding hydrogens is 288 g/mol. The molecule has 5 heteroatoms. The topological polar surface area (TPSA) is 42.0 Å². The Morgan fingerprint density at radius 1 is 1.40 bits per heavy atom. The lowest BCUT2D eigenvalue weighted by Crippen LogP contribution is -2.25. The van der Waals surface area contributed by atoms with Gasteiger partial charge in [-0.05, 0) is 31.9 Å². The number of thiazole rings is 1. The molecule has 2 heterocycles. The van der Waals surface area contributed by atoms with Crippen LogP contribution in [0.25, 0.3) is 10.6 Å². The third-order valence-corrected chi connectivity index (χ3v) is 4.93. The van der Waals surface area contributed by atoms with E-state index >= 15 is 0 Å². The van der Waals surface area contributed by atoms with Crippen LogP contribution >= 0.6 is 22.7 Å². The molecule has 108 valence electrons. The van der Waals surface area contributed by atoms with Gasteiger partial charge in [0.15, 0.2) is 0 Å². The Bertz CT molecular complexity index is 560. The summed E-state index contributed by atoms with van der Waals surface area (Å²) in [6.07, 6.45) is 3.57. The van der Waals surface area contributed by atoms with Crippen molar-refractivity contribution in [2.24, 2.45) is 0 Å². The summed E-state index contributed by atoms with van der Waals surface area (Å²) in [6, 6.07) is 4.25. The average Bonchev–Trinajstić information content (AvgIpc) is 3.05. The van der Waals surface area contributed by atoms with Crippen LogP contribution in [0.2, 0.25) is 0 Å². The van der Waals surface area contributed by atoms with Crippen molar-refractivity contribution in [3.05, 3.63) is 27.4 Å². The van der Waals surface area contributed by atoms with Crippen LogP contribution < -0.4 is 5.32 Å². The third kappa shape index (κ3) is 4.42. The molecule has 0 aliphatic heterocycles. The molecule has 0 spiro atoms. The molecule has 2 rings (SSSR count). The number of amides is 1. The highest BCUT2D eigenvalue weighted by atomic mass is 32.1. The quantitative estimate of drug-likeness (QED) is 0.839. The van der Waals surface area contributed by atoms with Crippen LogP contribution in [0.1, 0.15) is 36.1 Å². The number of unbranched alkanes of at least 4 members (excludes halogenated alkanes) is 1. The van der Waals surface area contributed by atoms with Crippen molar-refractivity contribution in [2.75, 3.05) is 6.54 Å². The first-order valence-corrected chi connectivity index (χ1v) is 8.66. The largest absolute Gasteiger partial charge is 0.356 e. The summed E-state index contributed by atoms with van der Waals surface area (Å²) in [7, 11) is 0. The van der Waals surface area contributed by atoms with E-state index in [0.717, 1.165) is 36.5 Å². The van der Waals surface area contributed by atoms with Crippen LogP contribution in [0.3, 0.4) is 0 Å². The number of hydrogen-bond donors (Lipinski definition) is 1. The van der Waals surface area contributed by atoms with Gasteiger partial charge in [0.1, 0.15) is 0 Å². The van der Waals surface area contributed by atoms with Crippen LogP contribution in [-0.4, -0.2) is 17.4 Å². The zero-order chi connectivity index (χ0) is 14.4. The molecule has 0 bridgehead atoms. The first-order valence-electron chi connectivity index (χ1n) is 6.97. The summed E-state index contributed by atoms with van der Waals surface area (Å²) in [5.41, 5.74) is 1.07. The van der Waals surface area contributed by atoms with Gasteiger partial charge < -0.3 is 5.32 Å². The minimum Gasteiger partial charge on any atom is -0.356 e. The lowest BCUT2D eigenvalue weighted by molar-refractivity contribution is -0.121. The van der Waals surface area contributed by atoms with Gasteiger partial charge in [-0.2, -0.15) is 0 Å². The Morgan fingerprint density at radius 3 is 2.95 bits per heavy atom. The van der Waals surface area contributed by atoms with Crippen molar-refractivity contribution in [1.29, 1.82) is 0 Å². The zero-order valence-corrected chi connectivity index (χ0v) is 13.6. The number of aromatic nitrogens is 1. The Labute approximate surface area is 128 Å². The summed E-state index contributed by atoms with van der Waals surface area (Å²) in [5, 5.41) is 6.16. The Kier molecular flexibility index (Phi) is 5.73. The second-order valence-electron chi connectivity index (χ2n) is 4.72. The van der Waals surface area contributed by atoms with Crippen LogP contribution in [0.5, 0.6) is 0 Å². The van der Waals surface area contributed by atoms with E-state index in [1.165, 1.54) is 9.75 Å². The molecule has 2 aromatic heterocycles. The van der Waals surface area contributed by atoms with Gasteiger partial charge in [-0.3, -0.25) is 4.79 Å². The van der Waals surface area contributed by atoms with E-state index in [0.29, 0.717) is 6.42 Å². The first kappa shape index (κ1) is 15.2. The fraction of sp³-hybridized carbons (Fsp3) is 0.467. The Balaban J connectivity index is 1.80. The average molecular weight is 308 g/mol. The van der Waals surface area contributed by atoms with Gasteiger partial charge in [0, 0.05) is 23.2 Å². The summed E-state index contributed by atoms with van der Waals surface area (Å²) >= 11 is 3.44. The van der Waals surface area contributed by atoms with E-state index in [1.54, 1.807) is 22.7 Å². The molecule has 0 aromatic carbocycles. The van der Waals surface area contributed by atoms with E-state index < -0.39 is 0 Å². The molecule has 0 unspecified atom stereocenters. The lowest BCUT2D eigenvalue weighted by atomic mass is 10.2. The van der Waals surface area contributed by atoms with Crippen LogP contribution in [0.15, 0.2) is 17.5 Å². The molecular formula is C15H20N2OS2. The fourth-order valence-corrected chi connectivity index (χ4v) is 3.53. The Morgan fingerprint density at radius 2 is 2.25 bits per heavy atom. The van der Waals surface area contributed by atoms with Crippen molar-refractivity contribution in [3.8, 4) is 10.6 Å². The molecule has 0 saturated heterocycles. The second-order valence-corrected chi connectivity index (χ2v) is 6.95. The minimum absolute atomic E-state index is 0.166. The third-order valence-electron chi connectivity index (χ3n) is 2.98. The van der Waals surface area contributed by atoms with Gasteiger partial charge in [-0.15, -0.1) is 22.7 Å². The molecule has 0 radical (unpaired) electrons. The number of nitrogens with one attached hydrogen (secondary N) is 1. The van der Waals surface area contributed by atoms with E-state index in [9.17, 15) is 4.79 Å². The predicted molar refractivity (Wildman–Crippen MR) is 86.4 cm³/mol. The summed E-state index contributed by atoms with van der Waals surface area (Å²) in [6.45, 7) is 4.84. The smallest absolute Gasteiger partial charge is 0.220 e. The molecule has 2 aromatic rings. The number of aryl methyl sites for hydroxylation is 1. The van der Waals surface area contributed by atoms with Crippen molar-refractivity contribution in [2.45, 2.75) is 39.5 Å². The molecule has 0 aliphatic rings. The van der Waals surface area contributed by atoms with Crippen molar-refractivity contribution < 1.29 is 4.79 Å². The lowest BCUT2D eigenvalue weighted by Gasteiger charge is -2.03. The molecule has 0 atom stereocenters. The highest BCUT2D eigenvalue weighted by Crippen LogP contribution is 2.29. The Hall–Kier alpha value is -1.20. The van der Waals surface area contributed by atoms with Crippen LogP contribution in [0, 0.1) is 6.92 Å². The van der Waals surface area contributed by atoms with Crippen LogP contribution in [-0.2, 0) is 11.2 Å². The van der Waals surface area contributed by atoms with Gasteiger partial charge in [0.2, 0.25) is 5.91 Å². The maximum Gasteiger partial charge on any atom is 0.220 e. The van der Waals surface area contributed by atoms with Crippen LogP contribution in [0.4, 0.5) is 0 Å². The van der Waals surface area contributed by atoms with Gasteiger partial charge in [-0.25, -0.2) is 4.98 Å². The molecule has 20 heavy (non-hydrogen) atoms. The molecule has 0 aliphatic carbocycles. The normalized spacial score (nSPS) is 10.7. The van der Waals surface area contributed by atoms with Gasteiger partial charge in [0.25, 0.3) is 0 Å². The first-order chi connectivity index (χ1) is 9.69. The molecule has 1 N–H and O–H groups in total. The number of rotatable bonds is 7. The maximum absolute atomic E-state index is 11.5. The van der Waals surface area contributed by atoms with Gasteiger partial charge in [0.05, 0.1) is 15.6 Å². The van der Waals surface area contributed by atoms with E-state index in [2.05, 4.69) is 34.7 Å². The number of nitrogens with zero attached hydrogens (tertiary/aromatic N) is 1. The van der Waals surface area contributed by atoms with Crippen molar-refractivity contribution in [3.63, 3.8) is 0 Å². The maximum atomic E-state index is 11.5. The molecule has 0 fully saturated rings. The molecule has 3 nitrogen and oxygen atoms in total. The van der Waals surface area contributed by atoms with Crippen molar-refractivity contribution in [1.82, 2.24) is 10.3 Å². The summed E-state index contributed by atoms with van der Waals surface area (Å²) in [5.74, 6) is 0.166. The van der Waals surface area contributed by atoms with Gasteiger partial charge >= 0.3 is 0 Å². The number of hydrogen-bond acceptors (Lipinski definition) is 4. The van der Waals surface area contributed by atoms with E-state index in [1.807, 2.05) is 6.92 Å². The minimum atomic E-state index is 0.166. The predicted octanol–water partition coefficient (Wildman–Crippen LogP) is 4.03. The monoisotopic (exact) mass is 308 g/mol. The summed E-state index contributed by atoms with van der Waals surface area (Å²) < 4.78 is 0.